The minimum Gasteiger partial charge on any atom is -0.480 e. The first-order valence-corrected chi connectivity index (χ1v) is 7.93. The minimum atomic E-state index is -0.821. The van der Waals surface area contributed by atoms with E-state index in [0.29, 0.717) is 16.6 Å². The molecule has 1 unspecified atom stereocenters. The van der Waals surface area contributed by atoms with Crippen molar-refractivity contribution in [2.45, 2.75) is 19.5 Å². The Labute approximate surface area is 137 Å². The van der Waals surface area contributed by atoms with Gasteiger partial charge in [-0.3, -0.25) is 9.69 Å². The fourth-order valence-corrected chi connectivity index (χ4v) is 3.20. The smallest absolute Gasteiger partial charge is 0.320 e. The third kappa shape index (κ3) is 3.98. The molecule has 0 saturated heterocycles. The van der Waals surface area contributed by atoms with E-state index in [0.717, 1.165) is 15.3 Å². The van der Waals surface area contributed by atoms with Crippen LogP contribution in [0.2, 0.25) is 10.0 Å². The monoisotopic (exact) mass is 343 g/mol. The second-order valence-corrected chi connectivity index (χ2v) is 6.81. The maximum Gasteiger partial charge on any atom is 0.320 e. The van der Waals surface area contributed by atoms with Crippen LogP contribution in [0, 0.1) is 0 Å². The first-order chi connectivity index (χ1) is 9.88. The molecule has 3 nitrogen and oxygen atoms in total. The van der Waals surface area contributed by atoms with Crippen LogP contribution in [-0.4, -0.2) is 29.1 Å². The summed E-state index contributed by atoms with van der Waals surface area (Å²) in [6.07, 6.45) is 0. The highest BCUT2D eigenvalue weighted by Crippen LogP contribution is 2.33. The van der Waals surface area contributed by atoms with Crippen molar-refractivity contribution in [1.29, 1.82) is 0 Å². The van der Waals surface area contributed by atoms with Crippen molar-refractivity contribution < 1.29 is 9.90 Å². The summed E-state index contributed by atoms with van der Waals surface area (Å²) in [5, 5.41) is 10.1. The van der Waals surface area contributed by atoms with Gasteiger partial charge < -0.3 is 5.11 Å². The Hall–Kier alpha value is -1.07. The summed E-state index contributed by atoms with van der Waals surface area (Å²) in [5.41, 5.74) is 1.01. The molecule has 1 aromatic heterocycles. The molecule has 1 aromatic carbocycles. The van der Waals surface area contributed by atoms with Gasteiger partial charge in [0.25, 0.3) is 0 Å². The molecule has 6 heteroatoms. The van der Waals surface area contributed by atoms with Crippen LogP contribution in [0.3, 0.4) is 0 Å². The molecular weight excluding hydrogens is 329 g/mol. The van der Waals surface area contributed by atoms with E-state index in [1.807, 2.05) is 24.3 Å². The van der Waals surface area contributed by atoms with Crippen molar-refractivity contribution in [3.63, 3.8) is 0 Å². The van der Waals surface area contributed by atoms with Crippen molar-refractivity contribution in [2.75, 3.05) is 7.05 Å². The summed E-state index contributed by atoms with van der Waals surface area (Å²) in [7, 11) is 1.80. The first kappa shape index (κ1) is 16.3. The van der Waals surface area contributed by atoms with Crippen LogP contribution in [0.4, 0.5) is 0 Å². The molecule has 112 valence electrons. The second-order valence-electron chi connectivity index (χ2n) is 4.82. The molecule has 0 fully saturated rings. The lowest BCUT2D eigenvalue weighted by molar-refractivity contribution is -0.142. The van der Waals surface area contributed by atoms with Crippen LogP contribution < -0.4 is 0 Å². The number of thiophene rings is 1. The molecule has 0 aliphatic carbocycles. The molecule has 2 aromatic rings. The molecule has 0 saturated carbocycles. The third-order valence-corrected chi connectivity index (χ3v) is 5.15. The predicted octanol–water partition coefficient (Wildman–Crippen LogP) is 4.63. The Balaban J connectivity index is 2.14. The average molecular weight is 344 g/mol. The zero-order valence-corrected chi connectivity index (χ0v) is 14.0. The molecule has 0 aliphatic heterocycles. The number of hydrogen-bond donors (Lipinski definition) is 1. The maximum absolute atomic E-state index is 11.0. The van der Waals surface area contributed by atoms with Gasteiger partial charge in [-0.05, 0) is 43.8 Å². The van der Waals surface area contributed by atoms with Gasteiger partial charge in [-0.2, -0.15) is 0 Å². The van der Waals surface area contributed by atoms with Gasteiger partial charge in [-0.15, -0.1) is 11.3 Å². The summed E-state index contributed by atoms with van der Waals surface area (Å²) in [4.78, 5) is 14.9. The summed E-state index contributed by atoms with van der Waals surface area (Å²) in [6, 6.07) is 9.04. The number of carboxylic acids is 1. The molecule has 1 atom stereocenters. The van der Waals surface area contributed by atoms with Crippen LogP contribution in [0.5, 0.6) is 0 Å². The van der Waals surface area contributed by atoms with Gasteiger partial charge in [0.15, 0.2) is 0 Å². The van der Waals surface area contributed by atoms with E-state index < -0.39 is 12.0 Å². The number of carboxylic acid groups (broad SMARTS) is 1. The van der Waals surface area contributed by atoms with Crippen molar-refractivity contribution in [1.82, 2.24) is 4.90 Å². The Bertz CT molecular complexity index is 657. The molecule has 0 bridgehead atoms. The van der Waals surface area contributed by atoms with Gasteiger partial charge in [0, 0.05) is 16.3 Å². The zero-order valence-electron chi connectivity index (χ0n) is 11.6. The van der Waals surface area contributed by atoms with Crippen LogP contribution in [0.15, 0.2) is 30.3 Å². The summed E-state index contributed by atoms with van der Waals surface area (Å²) < 4.78 is 0. The number of likely N-dealkylation sites (N-methyl/N-ethyl adjacent to an activating group) is 1. The number of halogens is 2. The SMILES string of the molecule is CC(C(=O)O)N(C)Cc1ccc(-c2ccc(Cl)c(Cl)c2)s1. The van der Waals surface area contributed by atoms with E-state index >= 15 is 0 Å². The van der Waals surface area contributed by atoms with Crippen molar-refractivity contribution >= 4 is 40.5 Å². The average Bonchev–Trinajstić information content (AvgIpc) is 2.89. The van der Waals surface area contributed by atoms with Gasteiger partial charge in [-0.25, -0.2) is 0 Å². The molecule has 1 N–H and O–H groups in total. The van der Waals surface area contributed by atoms with Crippen molar-refractivity contribution in [3.05, 3.63) is 45.3 Å². The lowest BCUT2D eigenvalue weighted by atomic mass is 10.2. The second kappa shape index (κ2) is 6.79. The molecule has 0 amide bonds. The fourth-order valence-electron chi connectivity index (χ4n) is 1.84. The Morgan fingerprint density at radius 2 is 2.00 bits per heavy atom. The number of nitrogens with zero attached hydrogens (tertiary/aromatic N) is 1. The normalized spacial score (nSPS) is 12.6. The quantitative estimate of drug-likeness (QED) is 0.860. The number of aliphatic carboxylic acids is 1. The molecule has 0 spiro atoms. The van der Waals surface area contributed by atoms with Crippen molar-refractivity contribution in [2.24, 2.45) is 0 Å². The molecule has 21 heavy (non-hydrogen) atoms. The minimum absolute atomic E-state index is 0.513. The predicted molar refractivity (Wildman–Crippen MR) is 88.3 cm³/mol. The van der Waals surface area contributed by atoms with Crippen LogP contribution in [0.25, 0.3) is 10.4 Å². The van der Waals surface area contributed by atoms with Gasteiger partial charge in [0.2, 0.25) is 0 Å². The molecule has 0 aliphatic rings. The maximum atomic E-state index is 11.0. The van der Waals surface area contributed by atoms with E-state index in [9.17, 15) is 4.79 Å². The topological polar surface area (TPSA) is 40.5 Å². The van der Waals surface area contributed by atoms with E-state index in [1.165, 1.54) is 0 Å². The van der Waals surface area contributed by atoms with E-state index in [4.69, 9.17) is 28.3 Å². The van der Waals surface area contributed by atoms with E-state index in [-0.39, 0.29) is 0 Å². The highest BCUT2D eigenvalue weighted by molar-refractivity contribution is 7.15. The molecule has 1 heterocycles. The highest BCUT2D eigenvalue weighted by Gasteiger charge is 2.17. The standard InChI is InChI=1S/C15H15Cl2NO2S/c1-9(15(19)20)18(2)8-11-4-6-14(21-11)10-3-5-12(16)13(17)7-10/h3-7,9H,8H2,1-2H3,(H,19,20). The number of hydrogen-bond acceptors (Lipinski definition) is 3. The third-order valence-electron chi connectivity index (χ3n) is 3.29. The van der Waals surface area contributed by atoms with Crippen LogP contribution >= 0.6 is 34.5 Å². The molecule has 0 radical (unpaired) electrons. The highest BCUT2D eigenvalue weighted by atomic mass is 35.5. The summed E-state index contributed by atoms with van der Waals surface area (Å²) >= 11 is 13.6. The summed E-state index contributed by atoms with van der Waals surface area (Å²) in [5.74, 6) is -0.821. The van der Waals surface area contributed by atoms with Gasteiger partial charge in [-0.1, -0.05) is 29.3 Å². The van der Waals surface area contributed by atoms with Gasteiger partial charge in [0.1, 0.15) is 6.04 Å². The van der Waals surface area contributed by atoms with Crippen LogP contribution in [-0.2, 0) is 11.3 Å². The van der Waals surface area contributed by atoms with Gasteiger partial charge >= 0.3 is 5.97 Å². The van der Waals surface area contributed by atoms with Crippen molar-refractivity contribution in [3.8, 4) is 10.4 Å². The number of carbonyl (C=O) groups is 1. The van der Waals surface area contributed by atoms with E-state index in [2.05, 4.69) is 0 Å². The van der Waals surface area contributed by atoms with Gasteiger partial charge in [0.05, 0.1) is 10.0 Å². The zero-order chi connectivity index (χ0) is 15.6. The molecular formula is C15H15Cl2NO2S. The Kier molecular flexibility index (Phi) is 5.27. The van der Waals surface area contributed by atoms with E-state index in [1.54, 1.807) is 36.3 Å². The largest absolute Gasteiger partial charge is 0.480 e. The number of rotatable bonds is 5. The molecule has 2 rings (SSSR count). The van der Waals surface area contributed by atoms with Crippen LogP contribution in [0.1, 0.15) is 11.8 Å². The summed E-state index contributed by atoms with van der Waals surface area (Å²) in [6.45, 7) is 2.27. The Morgan fingerprint density at radius 3 is 2.62 bits per heavy atom. The lowest BCUT2D eigenvalue weighted by Crippen LogP contribution is -2.34. The Morgan fingerprint density at radius 1 is 1.29 bits per heavy atom. The fraction of sp³-hybridized carbons (Fsp3) is 0.267. The first-order valence-electron chi connectivity index (χ1n) is 6.35. The lowest BCUT2D eigenvalue weighted by Gasteiger charge is -2.19. The number of benzene rings is 1.